The number of esters is 1. The molecule has 0 saturated carbocycles. The lowest BCUT2D eigenvalue weighted by Gasteiger charge is -2.17. The van der Waals surface area contributed by atoms with Crippen LogP contribution in [0.15, 0.2) is 83.3 Å². The van der Waals surface area contributed by atoms with Gasteiger partial charge in [-0.3, -0.25) is 4.79 Å². The third-order valence-electron chi connectivity index (χ3n) is 5.93. The monoisotopic (exact) mass is 500 g/mol. The van der Waals surface area contributed by atoms with Crippen molar-refractivity contribution in [3.05, 3.63) is 101 Å². The van der Waals surface area contributed by atoms with Crippen molar-refractivity contribution in [2.75, 3.05) is 25.6 Å². The first-order valence-corrected chi connectivity index (χ1v) is 11.8. The van der Waals surface area contributed by atoms with Crippen LogP contribution in [-0.2, 0) is 16.0 Å². The Kier molecular flexibility index (Phi) is 8.20. The smallest absolute Gasteiger partial charge is 0.339 e. The lowest BCUT2D eigenvalue weighted by Crippen LogP contribution is -2.22. The summed E-state index contributed by atoms with van der Waals surface area (Å²) in [6, 6.07) is 23.5. The molecule has 2 N–H and O–H groups in total. The van der Waals surface area contributed by atoms with Crippen LogP contribution in [0.5, 0.6) is 5.75 Å². The van der Waals surface area contributed by atoms with Gasteiger partial charge in [0.2, 0.25) is 5.89 Å². The number of carboxylic acids is 1. The van der Waals surface area contributed by atoms with E-state index in [2.05, 4.69) is 10.3 Å². The van der Waals surface area contributed by atoms with E-state index in [9.17, 15) is 14.7 Å². The quantitative estimate of drug-likeness (QED) is 0.266. The number of benzene rings is 3. The Hall–Kier alpha value is -4.59. The van der Waals surface area contributed by atoms with Crippen molar-refractivity contribution >= 4 is 17.6 Å². The van der Waals surface area contributed by atoms with Gasteiger partial charge in [0.15, 0.2) is 0 Å². The second kappa shape index (κ2) is 11.9. The van der Waals surface area contributed by atoms with E-state index in [-0.39, 0.29) is 6.54 Å². The molecule has 0 fully saturated rings. The lowest BCUT2D eigenvalue weighted by molar-refractivity contribution is -0.138. The Morgan fingerprint density at radius 3 is 2.41 bits per heavy atom. The zero-order valence-electron chi connectivity index (χ0n) is 20.6. The molecule has 4 rings (SSSR count). The molecule has 1 atom stereocenters. The van der Waals surface area contributed by atoms with Gasteiger partial charge < -0.3 is 24.3 Å². The summed E-state index contributed by atoms with van der Waals surface area (Å²) in [6.07, 6.45) is 0.575. The largest absolute Gasteiger partial charge is 0.493 e. The van der Waals surface area contributed by atoms with Crippen LogP contribution in [-0.4, -0.2) is 42.3 Å². The van der Waals surface area contributed by atoms with E-state index in [0.29, 0.717) is 41.5 Å². The van der Waals surface area contributed by atoms with Gasteiger partial charge in [-0.15, -0.1) is 0 Å². The van der Waals surface area contributed by atoms with E-state index in [0.717, 1.165) is 17.0 Å². The zero-order valence-corrected chi connectivity index (χ0v) is 20.6. The number of rotatable bonds is 11. The predicted molar refractivity (Wildman–Crippen MR) is 139 cm³/mol. The van der Waals surface area contributed by atoms with Crippen molar-refractivity contribution in [1.82, 2.24) is 4.98 Å². The molecule has 0 aliphatic carbocycles. The van der Waals surface area contributed by atoms with Crippen molar-refractivity contribution in [3.63, 3.8) is 0 Å². The van der Waals surface area contributed by atoms with Crippen LogP contribution in [0, 0.1) is 6.92 Å². The van der Waals surface area contributed by atoms with Gasteiger partial charge in [0, 0.05) is 24.2 Å². The topological polar surface area (TPSA) is 111 Å². The highest BCUT2D eigenvalue weighted by atomic mass is 16.5. The molecule has 0 aliphatic rings. The number of aromatic nitrogens is 1. The minimum atomic E-state index is -0.979. The SMILES string of the molecule is COC(=O)c1ccccc1NC[C@H](C(=O)O)c1ccc(OCCc2nc(-c3ccccc3)oc2C)cc1. The number of carboxylic acid groups (broad SMARTS) is 1. The average Bonchev–Trinajstić information content (AvgIpc) is 3.30. The molecule has 37 heavy (non-hydrogen) atoms. The number of aryl methyl sites for hydroxylation is 1. The van der Waals surface area contributed by atoms with Crippen LogP contribution < -0.4 is 10.1 Å². The molecule has 190 valence electrons. The molecule has 0 spiro atoms. The minimum absolute atomic E-state index is 0.0960. The number of carbonyl (C=O) groups excluding carboxylic acids is 1. The normalized spacial score (nSPS) is 11.5. The van der Waals surface area contributed by atoms with Gasteiger partial charge in [-0.25, -0.2) is 9.78 Å². The summed E-state index contributed by atoms with van der Waals surface area (Å²) in [5.74, 6) is -0.334. The Bertz CT molecular complexity index is 1350. The van der Waals surface area contributed by atoms with Crippen LogP contribution in [0.1, 0.15) is 33.3 Å². The molecule has 0 radical (unpaired) electrons. The first-order chi connectivity index (χ1) is 18.0. The average molecular weight is 501 g/mol. The van der Waals surface area contributed by atoms with Crippen LogP contribution >= 0.6 is 0 Å². The summed E-state index contributed by atoms with van der Waals surface area (Å²) in [5, 5.41) is 12.9. The maximum atomic E-state index is 12.0. The maximum Gasteiger partial charge on any atom is 0.339 e. The Morgan fingerprint density at radius 1 is 1.00 bits per heavy atom. The lowest BCUT2D eigenvalue weighted by atomic mass is 9.98. The molecule has 0 saturated heterocycles. The number of anilines is 1. The zero-order chi connectivity index (χ0) is 26.2. The fraction of sp³-hybridized carbons (Fsp3) is 0.207. The second-order valence-electron chi connectivity index (χ2n) is 8.36. The number of nitrogens with zero attached hydrogens (tertiary/aromatic N) is 1. The minimum Gasteiger partial charge on any atom is -0.493 e. The van der Waals surface area contributed by atoms with Gasteiger partial charge in [0.25, 0.3) is 0 Å². The number of oxazole rings is 1. The highest BCUT2D eigenvalue weighted by Crippen LogP contribution is 2.24. The Balaban J connectivity index is 1.35. The molecule has 0 amide bonds. The second-order valence-corrected chi connectivity index (χ2v) is 8.36. The molecule has 0 bridgehead atoms. The van der Waals surface area contributed by atoms with Crippen molar-refractivity contribution in [2.45, 2.75) is 19.3 Å². The number of para-hydroxylation sites is 1. The highest BCUT2D eigenvalue weighted by Gasteiger charge is 2.21. The molecule has 1 aromatic heterocycles. The first kappa shape index (κ1) is 25.5. The number of ether oxygens (including phenoxy) is 2. The fourth-order valence-corrected chi connectivity index (χ4v) is 3.91. The number of hydrogen-bond donors (Lipinski definition) is 2. The van der Waals surface area contributed by atoms with E-state index in [4.69, 9.17) is 13.9 Å². The van der Waals surface area contributed by atoms with Gasteiger partial charge in [0.05, 0.1) is 30.9 Å². The highest BCUT2D eigenvalue weighted by molar-refractivity contribution is 5.95. The molecule has 8 nitrogen and oxygen atoms in total. The van der Waals surface area contributed by atoms with E-state index < -0.39 is 17.9 Å². The van der Waals surface area contributed by atoms with Crippen molar-refractivity contribution in [2.24, 2.45) is 0 Å². The summed E-state index contributed by atoms with van der Waals surface area (Å²) in [7, 11) is 1.30. The molecule has 3 aromatic carbocycles. The molecular formula is C29H28N2O6. The van der Waals surface area contributed by atoms with Crippen molar-refractivity contribution in [1.29, 1.82) is 0 Å². The van der Waals surface area contributed by atoms with Gasteiger partial charge >= 0.3 is 11.9 Å². The molecule has 0 aliphatic heterocycles. The molecule has 4 aromatic rings. The van der Waals surface area contributed by atoms with Crippen LogP contribution in [0.3, 0.4) is 0 Å². The fourth-order valence-electron chi connectivity index (χ4n) is 3.91. The third-order valence-corrected chi connectivity index (χ3v) is 5.93. The Labute approximate surface area is 214 Å². The molecule has 8 heteroatoms. The van der Waals surface area contributed by atoms with Crippen LogP contribution in [0.25, 0.3) is 11.5 Å². The van der Waals surface area contributed by atoms with Gasteiger partial charge in [-0.05, 0) is 48.9 Å². The van der Waals surface area contributed by atoms with Crippen molar-refractivity contribution < 1.29 is 28.6 Å². The summed E-state index contributed by atoms with van der Waals surface area (Å²) >= 11 is 0. The number of carbonyl (C=O) groups is 2. The van der Waals surface area contributed by atoms with E-state index in [1.165, 1.54) is 7.11 Å². The van der Waals surface area contributed by atoms with Crippen LogP contribution in [0.2, 0.25) is 0 Å². The number of hydrogen-bond acceptors (Lipinski definition) is 7. The van der Waals surface area contributed by atoms with E-state index in [1.54, 1.807) is 48.5 Å². The number of nitrogens with one attached hydrogen (secondary N) is 1. The maximum absolute atomic E-state index is 12.0. The standard InChI is InChI=1S/C29H28N2O6/c1-19-25(31-27(37-19)21-8-4-3-5-9-21)16-17-36-22-14-12-20(13-15-22)24(28(32)33)18-30-26-11-7-6-10-23(26)29(34)35-2/h3-15,24,30H,16-18H2,1-2H3,(H,32,33)/t24-/m0/s1. The van der Waals surface area contributed by atoms with E-state index >= 15 is 0 Å². The van der Waals surface area contributed by atoms with Crippen molar-refractivity contribution in [3.8, 4) is 17.2 Å². The number of methoxy groups -OCH3 is 1. The Morgan fingerprint density at radius 2 is 1.70 bits per heavy atom. The van der Waals surface area contributed by atoms with Gasteiger partial charge in [-0.2, -0.15) is 0 Å². The molecule has 0 unspecified atom stereocenters. The summed E-state index contributed by atoms with van der Waals surface area (Å²) in [5.41, 5.74) is 3.22. The van der Waals surface area contributed by atoms with Crippen LogP contribution in [0.4, 0.5) is 5.69 Å². The molecular weight excluding hydrogens is 472 g/mol. The number of aliphatic carboxylic acids is 1. The van der Waals surface area contributed by atoms with Gasteiger partial charge in [0.1, 0.15) is 11.5 Å². The van der Waals surface area contributed by atoms with E-state index in [1.807, 2.05) is 37.3 Å². The summed E-state index contributed by atoms with van der Waals surface area (Å²) in [4.78, 5) is 28.5. The summed E-state index contributed by atoms with van der Waals surface area (Å²) < 4.78 is 16.5. The summed E-state index contributed by atoms with van der Waals surface area (Å²) in [6.45, 7) is 2.38. The molecule has 1 heterocycles. The third kappa shape index (κ3) is 6.35. The first-order valence-electron chi connectivity index (χ1n) is 11.8. The predicted octanol–water partition coefficient (Wildman–Crippen LogP) is 5.34. The van der Waals surface area contributed by atoms with Gasteiger partial charge in [-0.1, -0.05) is 42.5 Å².